The Labute approximate surface area is 653 Å². The molecule has 5 radical (unpaired) electrons. The van der Waals surface area contributed by atoms with Crippen molar-refractivity contribution in [1.29, 1.82) is 0 Å². The number of benzene rings is 5. The van der Waals surface area contributed by atoms with Gasteiger partial charge in [-0.15, -0.1) is 0 Å². The van der Waals surface area contributed by atoms with Crippen LogP contribution in [-0.4, -0.2) is 29.8 Å². The summed E-state index contributed by atoms with van der Waals surface area (Å²) in [4.78, 5) is 64.4. The monoisotopic (exact) mass is 1560 g/mol. The van der Waals surface area contributed by atoms with Crippen molar-refractivity contribution in [3.05, 3.63) is 121 Å². The first-order valence-electron chi connectivity index (χ1n) is 38.4. The van der Waals surface area contributed by atoms with Gasteiger partial charge in [0.25, 0.3) is 0 Å². The zero-order valence-electron chi connectivity index (χ0n) is 62.7. The van der Waals surface area contributed by atoms with Crippen molar-refractivity contribution in [2.45, 2.75) is 284 Å². The van der Waals surface area contributed by atoms with E-state index in [1.165, 1.54) is 161 Å². The van der Waals surface area contributed by atoms with Gasteiger partial charge in [0.2, 0.25) is 0 Å². The topological polar surface area (TPSA) is 132 Å². The number of hydrogen-bond donors (Lipinski definition) is 0. The second-order valence-corrected chi connectivity index (χ2v) is 31.1. The maximum Gasteiger partial charge on any atom is 0.314 e. The summed E-state index contributed by atoms with van der Waals surface area (Å²) in [5.41, 5.74) is 0. The van der Waals surface area contributed by atoms with Crippen LogP contribution in [0, 0.1) is 59.2 Å². The van der Waals surface area contributed by atoms with E-state index in [-0.39, 0.29) is 83.0 Å². The molecular weight excluding hydrogens is 1440 g/mol. The van der Waals surface area contributed by atoms with E-state index in [0.29, 0.717) is 28.7 Å². The third kappa shape index (κ3) is 38.2. The number of esters is 5. The van der Waals surface area contributed by atoms with Crippen LogP contribution in [0.4, 0.5) is 23.5 Å². The predicted octanol–water partition coefficient (Wildman–Crippen LogP) is 26.5. The summed E-state index contributed by atoms with van der Waals surface area (Å²) in [5.74, 6) is 7.16. The predicted molar refractivity (Wildman–Crippen MR) is 427 cm³/mol. The van der Waals surface area contributed by atoms with Gasteiger partial charge >= 0.3 is 29.8 Å². The minimum atomic E-state index is -0.0731. The van der Waals surface area contributed by atoms with Crippen LogP contribution in [0.5, 0.6) is 28.7 Å². The van der Waals surface area contributed by atoms with E-state index >= 15 is 0 Å². The number of carbonyl (C=O) groups excluding carboxylic acids is 5. The molecule has 0 amide bonds. The minimum Gasteiger partial charge on any atom is -0.426 e. The Bertz CT molecular complexity index is 2610. The van der Waals surface area contributed by atoms with E-state index in [1.54, 1.807) is 121 Å². The number of rotatable bonds is 25. The third-order valence-electron chi connectivity index (χ3n) is 20.9. The molecule has 105 heavy (non-hydrogen) atoms. The number of ether oxygens (including phenoxy) is 5. The van der Waals surface area contributed by atoms with Gasteiger partial charge in [-0.2, -0.15) is 0 Å². The Morgan fingerprint density at radius 3 is 0.476 bits per heavy atom. The first-order valence-corrected chi connectivity index (χ1v) is 40.4. The van der Waals surface area contributed by atoms with Crippen molar-refractivity contribution in [3.8, 4) is 28.7 Å². The van der Waals surface area contributed by atoms with Crippen LogP contribution in [-0.2, 0) is 24.0 Å². The molecule has 5 aliphatic rings. The summed E-state index contributed by atoms with van der Waals surface area (Å²) in [6, 6.07) is 35.6. The third-order valence-corrected chi connectivity index (χ3v) is 22.3. The van der Waals surface area contributed by atoms with E-state index in [1.807, 2.05) is 0 Å². The van der Waals surface area contributed by atoms with Gasteiger partial charge in [-0.3, -0.25) is 47.5 Å². The summed E-state index contributed by atoms with van der Waals surface area (Å²) in [5, 5.41) is 0. The number of unbranched alkanes of at least 4 members (excludes halogenated alkanes) is 5. The molecule has 0 saturated heterocycles. The van der Waals surface area contributed by atoms with Gasteiger partial charge in [0, 0.05) is 24.5 Å². The smallest absolute Gasteiger partial charge is 0.314 e. The molecule has 585 valence electrons. The van der Waals surface area contributed by atoms with Crippen molar-refractivity contribution in [1.82, 2.24) is 0 Å². The van der Waals surface area contributed by atoms with Crippen LogP contribution in [0.3, 0.4) is 0 Å². The standard InChI is InChI=1S/5C17H23O2S.5FH/c5*1-2-3-4-13-5-7-14(8-6-13)17(18)19-15-9-11-16(20)12-10-15;;;;;/h5*9-14H,2-8H2,1H3;5*1H. The Kier molecular flexibility index (Phi) is 51.5. The summed E-state index contributed by atoms with van der Waals surface area (Å²) in [6.45, 7) is 11.2. The fraction of sp³-hybridized carbons (Fsp3) is 0.588. The van der Waals surface area contributed by atoms with Crippen LogP contribution in [0.25, 0.3) is 0 Å². The van der Waals surface area contributed by atoms with E-state index in [4.69, 9.17) is 86.8 Å². The Hall–Kier alpha value is -5.80. The lowest BCUT2D eigenvalue weighted by Crippen LogP contribution is -2.25. The summed E-state index contributed by atoms with van der Waals surface area (Å²) >= 11 is 25.1. The zero-order valence-corrected chi connectivity index (χ0v) is 66.8. The average molecular weight is 1560 g/mol. The zero-order chi connectivity index (χ0) is 71.9. The van der Waals surface area contributed by atoms with E-state index < -0.39 is 0 Å². The molecule has 0 spiro atoms. The number of carbonyl (C=O) groups is 5. The van der Waals surface area contributed by atoms with Crippen LogP contribution >= 0.6 is 63.1 Å². The van der Waals surface area contributed by atoms with E-state index in [2.05, 4.69) is 34.6 Å². The highest BCUT2D eigenvalue weighted by Crippen LogP contribution is 2.38. The lowest BCUT2D eigenvalue weighted by molar-refractivity contribution is -0.141. The molecule has 0 aromatic heterocycles. The fourth-order valence-corrected chi connectivity index (χ4v) is 15.1. The summed E-state index contributed by atoms with van der Waals surface area (Å²) < 4.78 is 27.2. The SMILES string of the molecule is CCCCC1CCC(C(=O)Oc2ccc([S])cc2)CC1.CCCCC1CCC(C(=O)Oc2ccc([S])cc2)CC1.CCCCC1CCC(C(=O)Oc2ccc([S])cc2)CC1.CCCCC1CCC(C(=O)Oc2ccc([S])cc2)CC1.CCCCC1CCC(C(=O)Oc2ccc([S])cc2)CC1.F.F.F.F.F. The number of halogens is 5. The highest BCUT2D eigenvalue weighted by molar-refractivity contribution is 7.81. The second-order valence-electron chi connectivity index (χ2n) is 28.8. The van der Waals surface area contributed by atoms with Gasteiger partial charge in [0.05, 0.1) is 29.6 Å². The Morgan fingerprint density at radius 2 is 0.362 bits per heavy atom. The van der Waals surface area contributed by atoms with Crippen molar-refractivity contribution >= 4 is 93.0 Å². The summed E-state index contributed by atoms with van der Waals surface area (Å²) in [6.07, 6.45) is 41.0. The van der Waals surface area contributed by atoms with Crippen LogP contribution in [0.2, 0.25) is 0 Å². The first-order chi connectivity index (χ1) is 48.4. The molecule has 0 N–H and O–H groups in total. The molecule has 10 rings (SSSR count). The van der Waals surface area contributed by atoms with E-state index in [9.17, 15) is 24.0 Å². The quantitative estimate of drug-likeness (QED) is 0.0316. The maximum atomic E-state index is 12.1. The normalized spacial score (nSPS) is 21.4. The molecule has 5 saturated carbocycles. The lowest BCUT2D eigenvalue weighted by atomic mass is 9.80. The van der Waals surface area contributed by atoms with E-state index in [0.717, 1.165) is 118 Å². The first kappa shape index (κ1) is 97.2. The van der Waals surface area contributed by atoms with Gasteiger partial charge in [0.15, 0.2) is 0 Å². The van der Waals surface area contributed by atoms with Gasteiger partial charge in [-0.25, -0.2) is 0 Å². The van der Waals surface area contributed by atoms with Crippen LogP contribution in [0.1, 0.15) is 259 Å². The molecule has 5 aromatic carbocycles. The summed E-state index contributed by atoms with van der Waals surface area (Å²) in [7, 11) is 0. The molecule has 5 aromatic rings. The molecule has 10 nitrogen and oxygen atoms in total. The molecule has 5 fully saturated rings. The molecule has 5 aliphatic carbocycles. The molecular formula is C85H120F5O10S5. The van der Waals surface area contributed by atoms with Crippen molar-refractivity contribution in [3.63, 3.8) is 0 Å². The Balaban J connectivity index is 0.000000649. The molecule has 20 heteroatoms. The second kappa shape index (κ2) is 55.6. The average Bonchev–Trinajstić information content (AvgIpc) is 0.894. The van der Waals surface area contributed by atoms with Crippen LogP contribution in [0.15, 0.2) is 146 Å². The van der Waals surface area contributed by atoms with Gasteiger partial charge in [0.1, 0.15) is 28.7 Å². The van der Waals surface area contributed by atoms with Crippen LogP contribution < -0.4 is 23.7 Å². The molecule has 0 heterocycles. The maximum absolute atomic E-state index is 12.1. The molecule has 0 bridgehead atoms. The lowest BCUT2D eigenvalue weighted by Gasteiger charge is -2.27. The highest BCUT2D eigenvalue weighted by Gasteiger charge is 2.32. The van der Waals surface area contributed by atoms with Crippen molar-refractivity contribution in [2.75, 3.05) is 0 Å². The van der Waals surface area contributed by atoms with Crippen molar-refractivity contribution in [2.24, 2.45) is 59.2 Å². The molecule has 0 unspecified atom stereocenters. The molecule has 0 atom stereocenters. The van der Waals surface area contributed by atoms with Crippen molar-refractivity contribution < 1.29 is 71.2 Å². The number of hydrogen-bond acceptors (Lipinski definition) is 10. The van der Waals surface area contributed by atoms with Gasteiger partial charge in [-0.05, 0) is 279 Å². The van der Waals surface area contributed by atoms with Gasteiger partial charge in [-0.1, -0.05) is 194 Å². The fourth-order valence-electron chi connectivity index (χ4n) is 14.4. The van der Waals surface area contributed by atoms with Gasteiger partial charge < -0.3 is 23.7 Å². The highest BCUT2D eigenvalue weighted by atomic mass is 32.1. The Morgan fingerprint density at radius 1 is 0.238 bits per heavy atom. The minimum absolute atomic E-state index is 0. The molecule has 0 aliphatic heterocycles. The largest absolute Gasteiger partial charge is 0.426 e.